The quantitative estimate of drug-likeness (QED) is 0.204. The van der Waals surface area contributed by atoms with Crippen molar-refractivity contribution in [2.75, 3.05) is 42.1 Å². The van der Waals surface area contributed by atoms with Crippen molar-refractivity contribution in [2.45, 2.75) is 89.6 Å². The van der Waals surface area contributed by atoms with Crippen LogP contribution in [-0.4, -0.2) is 74.8 Å². The lowest BCUT2D eigenvalue weighted by Gasteiger charge is -2.41. The van der Waals surface area contributed by atoms with Crippen molar-refractivity contribution in [2.24, 2.45) is 5.41 Å². The number of thioether (sulfide) groups is 1. The molecule has 4 aromatic rings. The Morgan fingerprint density at radius 3 is 2.25 bits per heavy atom. The maximum Gasteiger partial charge on any atom is 0.417 e. The molecule has 2 amide bonds. The lowest BCUT2D eigenvalue weighted by atomic mass is 9.70. The van der Waals surface area contributed by atoms with Crippen LogP contribution in [0.4, 0.5) is 38.1 Å². The second kappa shape index (κ2) is 13.0. The van der Waals surface area contributed by atoms with Gasteiger partial charge in [-0.25, -0.2) is 23.8 Å². The van der Waals surface area contributed by atoms with Gasteiger partial charge in [-0.15, -0.1) is 11.8 Å². The molecule has 2 fully saturated rings. The zero-order chi connectivity index (χ0) is 38.2. The third kappa shape index (κ3) is 7.25. The SMILES string of the molecule is CC(C)(C)OC(=O)Nc1nc2c(-c3c(C(F)(F)F)cc4c(N5CCN(C(=O)OC(C)(C)C)CC5)nc(=O)n5c4c3SCC3(CCC3)C5)ccc(F)c2s1. The fraction of sp³-hybridized carbons (Fsp3) is 0.528. The summed E-state index contributed by atoms with van der Waals surface area (Å²) in [5.74, 6) is -0.141. The molecule has 0 bridgehead atoms. The van der Waals surface area contributed by atoms with Crippen molar-refractivity contribution in [1.82, 2.24) is 19.4 Å². The highest BCUT2D eigenvalue weighted by atomic mass is 32.2. The van der Waals surface area contributed by atoms with Crippen LogP contribution >= 0.6 is 23.1 Å². The first-order valence-corrected chi connectivity index (χ1v) is 19.2. The Bertz CT molecular complexity index is 2200. The van der Waals surface area contributed by atoms with Gasteiger partial charge in [0.05, 0.1) is 21.3 Å². The fourth-order valence-corrected chi connectivity index (χ4v) is 9.48. The molecule has 0 atom stereocenters. The van der Waals surface area contributed by atoms with Gasteiger partial charge >= 0.3 is 24.1 Å². The van der Waals surface area contributed by atoms with Gasteiger partial charge in [0.1, 0.15) is 22.8 Å². The van der Waals surface area contributed by atoms with E-state index in [2.05, 4.69) is 15.3 Å². The fourth-order valence-electron chi connectivity index (χ4n) is 7.05. The summed E-state index contributed by atoms with van der Waals surface area (Å²) in [7, 11) is 0. The molecule has 2 aromatic heterocycles. The molecule has 0 radical (unpaired) electrons. The monoisotopic (exact) mass is 776 g/mol. The number of nitrogens with zero attached hydrogens (tertiary/aromatic N) is 5. The zero-order valence-corrected chi connectivity index (χ0v) is 31.8. The summed E-state index contributed by atoms with van der Waals surface area (Å²) in [6, 6.07) is 3.40. The van der Waals surface area contributed by atoms with Crippen LogP contribution in [0.1, 0.15) is 66.4 Å². The molecule has 1 N–H and O–H groups in total. The van der Waals surface area contributed by atoms with E-state index in [0.717, 1.165) is 42.7 Å². The minimum Gasteiger partial charge on any atom is -0.444 e. The number of nitrogens with one attached hydrogen (secondary N) is 1. The van der Waals surface area contributed by atoms with Crippen molar-refractivity contribution < 1.29 is 36.6 Å². The average molecular weight is 777 g/mol. The minimum absolute atomic E-state index is 0.0134. The van der Waals surface area contributed by atoms with Crippen molar-refractivity contribution in [3.8, 4) is 11.1 Å². The third-order valence-corrected chi connectivity index (χ3v) is 12.0. The van der Waals surface area contributed by atoms with E-state index in [1.807, 2.05) is 0 Å². The van der Waals surface area contributed by atoms with E-state index in [1.54, 1.807) is 46.4 Å². The van der Waals surface area contributed by atoms with Crippen molar-refractivity contribution >= 4 is 67.4 Å². The number of anilines is 2. The molecule has 284 valence electrons. The molecule has 2 aliphatic heterocycles. The van der Waals surface area contributed by atoms with E-state index < -0.39 is 46.6 Å². The summed E-state index contributed by atoms with van der Waals surface area (Å²) in [6.07, 6.45) is -3.67. The Morgan fingerprint density at radius 1 is 0.962 bits per heavy atom. The number of hydrogen-bond acceptors (Lipinski definition) is 10. The topological polar surface area (TPSA) is 119 Å². The van der Waals surface area contributed by atoms with Gasteiger partial charge in [-0.1, -0.05) is 17.8 Å². The Kier molecular flexibility index (Phi) is 9.14. The molecule has 11 nitrogen and oxygen atoms in total. The second-order valence-corrected chi connectivity index (χ2v) is 17.8. The molecule has 7 rings (SSSR count). The molecule has 1 saturated carbocycles. The number of amides is 2. The summed E-state index contributed by atoms with van der Waals surface area (Å²) >= 11 is 2.05. The highest BCUT2D eigenvalue weighted by Crippen LogP contribution is 2.54. The highest BCUT2D eigenvalue weighted by Gasteiger charge is 2.44. The lowest BCUT2D eigenvalue weighted by molar-refractivity contribution is -0.137. The number of thiazole rings is 1. The van der Waals surface area contributed by atoms with Gasteiger partial charge in [0.25, 0.3) is 0 Å². The van der Waals surface area contributed by atoms with Crippen LogP contribution in [0.3, 0.4) is 0 Å². The first-order valence-electron chi connectivity index (χ1n) is 17.4. The van der Waals surface area contributed by atoms with Crippen molar-refractivity contribution in [3.05, 3.63) is 40.1 Å². The van der Waals surface area contributed by atoms with E-state index in [9.17, 15) is 14.4 Å². The van der Waals surface area contributed by atoms with Crippen LogP contribution in [0, 0.1) is 11.2 Å². The number of aromatic nitrogens is 3. The predicted octanol–water partition coefficient (Wildman–Crippen LogP) is 8.51. The number of hydrogen-bond donors (Lipinski definition) is 1. The Hall–Kier alpha value is -4.12. The first-order chi connectivity index (χ1) is 24.7. The number of halogens is 4. The standard InChI is InChI=1S/C36H40F4N6O5S2/c1-33(2,3)50-31(48)43-29-41-24-19(8-9-22(37)26(24)53-29)23-21(36(38,39)40)16-20-25-27(23)52-18-35(10-7-11-35)17-46(25)30(47)42-28(20)44-12-14-45(15-13-44)32(49)51-34(4,5)6/h8-9,16H,7,10-15,17-18H2,1-6H3,(H,41,43,48). The number of benzene rings is 2. The Balaban J connectivity index is 1.41. The molecule has 4 heterocycles. The number of rotatable bonds is 3. The van der Waals surface area contributed by atoms with Crippen LogP contribution in [0.5, 0.6) is 0 Å². The van der Waals surface area contributed by atoms with Gasteiger partial charge in [-0.3, -0.25) is 9.88 Å². The molecular formula is C36H40F4N6O5S2. The molecule has 17 heteroatoms. The molecule has 0 unspecified atom stereocenters. The number of carbonyl (C=O) groups is 2. The molecule has 1 saturated heterocycles. The number of ether oxygens (including phenoxy) is 2. The minimum atomic E-state index is -4.89. The van der Waals surface area contributed by atoms with Gasteiger partial charge in [0.2, 0.25) is 0 Å². The molecule has 1 spiro atoms. The van der Waals surface area contributed by atoms with Gasteiger partial charge in [-0.2, -0.15) is 18.2 Å². The van der Waals surface area contributed by atoms with E-state index in [0.29, 0.717) is 17.8 Å². The maximum atomic E-state index is 15.4. The summed E-state index contributed by atoms with van der Waals surface area (Å²) in [5, 5.41) is 2.60. The van der Waals surface area contributed by atoms with Crippen LogP contribution in [0.15, 0.2) is 27.9 Å². The highest BCUT2D eigenvalue weighted by molar-refractivity contribution is 7.99. The van der Waals surface area contributed by atoms with Crippen LogP contribution in [0.2, 0.25) is 0 Å². The third-order valence-electron chi connectivity index (χ3n) is 9.54. The smallest absolute Gasteiger partial charge is 0.417 e. The lowest BCUT2D eigenvalue weighted by Crippen LogP contribution is -2.50. The maximum absolute atomic E-state index is 15.4. The molecule has 2 aromatic carbocycles. The first kappa shape index (κ1) is 37.2. The van der Waals surface area contributed by atoms with Crippen LogP contribution in [0.25, 0.3) is 32.2 Å². The van der Waals surface area contributed by atoms with E-state index in [1.165, 1.54) is 27.3 Å². The van der Waals surface area contributed by atoms with Crippen LogP contribution < -0.4 is 15.9 Å². The summed E-state index contributed by atoms with van der Waals surface area (Å²) in [6.45, 7) is 11.5. The number of fused-ring (bicyclic) bond motifs is 1. The van der Waals surface area contributed by atoms with E-state index in [4.69, 9.17) is 9.47 Å². The van der Waals surface area contributed by atoms with Gasteiger partial charge in [0.15, 0.2) is 5.13 Å². The number of carbonyl (C=O) groups excluding carboxylic acids is 2. The van der Waals surface area contributed by atoms with Gasteiger partial charge in [-0.05, 0) is 78.0 Å². The molecule has 3 aliphatic rings. The zero-order valence-electron chi connectivity index (χ0n) is 30.2. The molecule has 53 heavy (non-hydrogen) atoms. The molecular weight excluding hydrogens is 737 g/mol. The van der Waals surface area contributed by atoms with Crippen molar-refractivity contribution in [1.29, 1.82) is 0 Å². The largest absolute Gasteiger partial charge is 0.444 e. The average Bonchev–Trinajstić information content (AvgIpc) is 3.35. The van der Waals surface area contributed by atoms with Crippen molar-refractivity contribution in [3.63, 3.8) is 0 Å². The van der Waals surface area contributed by atoms with E-state index in [-0.39, 0.29) is 74.2 Å². The Morgan fingerprint density at radius 2 is 1.64 bits per heavy atom. The normalized spacial score (nSPS) is 17.5. The number of alkyl halides is 3. The summed E-state index contributed by atoms with van der Waals surface area (Å²) in [4.78, 5) is 51.7. The second-order valence-electron chi connectivity index (χ2n) is 15.8. The predicted molar refractivity (Wildman–Crippen MR) is 196 cm³/mol. The summed E-state index contributed by atoms with van der Waals surface area (Å²) < 4.78 is 73.9. The van der Waals surface area contributed by atoms with Gasteiger partial charge in [0, 0.05) is 59.9 Å². The molecule has 1 aliphatic carbocycles. The van der Waals surface area contributed by atoms with Gasteiger partial charge < -0.3 is 19.3 Å². The Labute approximate surface area is 311 Å². The van der Waals surface area contributed by atoms with Crippen LogP contribution in [-0.2, 0) is 22.2 Å². The summed E-state index contributed by atoms with van der Waals surface area (Å²) in [5.41, 5.74) is -3.35. The van der Waals surface area contributed by atoms with E-state index >= 15 is 17.6 Å². The number of piperazine rings is 1.